The molecule has 1 atom stereocenters. The minimum Gasteiger partial charge on any atom is -0.339 e. The maximum atomic E-state index is 12.8. The van der Waals surface area contributed by atoms with Gasteiger partial charge in [0, 0.05) is 42.5 Å². The van der Waals surface area contributed by atoms with Crippen LogP contribution in [0, 0.1) is 0 Å². The zero-order valence-corrected chi connectivity index (χ0v) is 15.8. The smallest absolute Gasteiger partial charge is 0.254 e. The molecule has 2 aromatic rings. The summed E-state index contributed by atoms with van der Waals surface area (Å²) >= 11 is 0. The number of hydrogen-bond donors (Lipinski definition) is 0. The van der Waals surface area contributed by atoms with Gasteiger partial charge in [-0.3, -0.25) is 19.4 Å². The Hall–Kier alpha value is -3.02. The van der Waals surface area contributed by atoms with Crippen LogP contribution in [0.3, 0.4) is 0 Å². The molecule has 1 aromatic carbocycles. The third-order valence-corrected chi connectivity index (χ3v) is 4.99. The number of hydrogen-bond acceptors (Lipinski definition) is 4. The number of nitrogens with zero attached hydrogens (tertiary/aromatic N) is 3. The molecule has 1 fully saturated rings. The highest BCUT2D eigenvalue weighted by molar-refractivity contribution is 5.98. The third kappa shape index (κ3) is 3.74. The van der Waals surface area contributed by atoms with Gasteiger partial charge >= 0.3 is 0 Å². The number of piperazine rings is 1. The Bertz CT molecular complexity index is 859. The predicted octanol–water partition coefficient (Wildman–Crippen LogP) is 2.64. The van der Waals surface area contributed by atoms with Crippen molar-refractivity contribution in [2.75, 3.05) is 19.6 Å². The number of aromatic nitrogens is 1. The summed E-state index contributed by atoms with van der Waals surface area (Å²) in [5.41, 5.74) is 2.71. The van der Waals surface area contributed by atoms with Gasteiger partial charge in [-0.25, -0.2) is 0 Å². The second-order valence-electron chi connectivity index (χ2n) is 6.66. The second kappa shape index (κ2) is 7.70. The van der Waals surface area contributed by atoms with Gasteiger partial charge in [0.25, 0.3) is 5.91 Å². The second-order valence-corrected chi connectivity index (χ2v) is 6.66. The van der Waals surface area contributed by atoms with Crippen molar-refractivity contribution in [3.8, 4) is 11.3 Å². The highest BCUT2D eigenvalue weighted by atomic mass is 16.2. The van der Waals surface area contributed by atoms with Crippen molar-refractivity contribution >= 4 is 17.6 Å². The number of amides is 2. The molecule has 2 heterocycles. The number of carbonyl (C=O) groups is 3. The van der Waals surface area contributed by atoms with Crippen LogP contribution in [-0.2, 0) is 4.79 Å². The summed E-state index contributed by atoms with van der Waals surface area (Å²) in [6, 6.07) is 10.2. The van der Waals surface area contributed by atoms with E-state index in [2.05, 4.69) is 4.98 Å². The van der Waals surface area contributed by atoms with Crippen LogP contribution in [0.1, 0.15) is 41.5 Å². The summed E-state index contributed by atoms with van der Waals surface area (Å²) < 4.78 is 0. The molecule has 1 saturated heterocycles. The predicted molar refractivity (Wildman–Crippen MR) is 102 cm³/mol. The van der Waals surface area contributed by atoms with E-state index in [1.54, 1.807) is 47.2 Å². The Labute approximate surface area is 158 Å². The van der Waals surface area contributed by atoms with Gasteiger partial charge in [-0.05, 0) is 45.0 Å². The fourth-order valence-corrected chi connectivity index (χ4v) is 3.24. The molecular weight excluding hydrogens is 342 g/mol. The van der Waals surface area contributed by atoms with Crippen molar-refractivity contribution in [2.45, 2.75) is 26.8 Å². The topological polar surface area (TPSA) is 70.6 Å². The summed E-state index contributed by atoms with van der Waals surface area (Å²) in [4.78, 5) is 44.2. The number of carbonyl (C=O) groups excluding carboxylic acids is 3. The first kappa shape index (κ1) is 18.8. The van der Waals surface area contributed by atoms with Gasteiger partial charge in [0.05, 0.1) is 5.69 Å². The van der Waals surface area contributed by atoms with Crippen molar-refractivity contribution in [1.82, 2.24) is 14.8 Å². The minimum absolute atomic E-state index is 0.0107. The van der Waals surface area contributed by atoms with Crippen molar-refractivity contribution in [2.24, 2.45) is 0 Å². The average Bonchev–Trinajstić information content (AvgIpc) is 2.70. The molecule has 1 aromatic heterocycles. The van der Waals surface area contributed by atoms with Crippen LogP contribution in [-0.4, -0.2) is 58.1 Å². The first-order valence-electron chi connectivity index (χ1n) is 9.09. The number of rotatable bonds is 4. The van der Waals surface area contributed by atoms with Gasteiger partial charge in [0.15, 0.2) is 5.78 Å². The minimum atomic E-state index is -0.452. The molecule has 0 radical (unpaired) electrons. The molecule has 0 saturated carbocycles. The molecular formula is C21H23N3O3. The van der Waals surface area contributed by atoms with Crippen LogP contribution in [0.15, 0.2) is 42.6 Å². The molecule has 0 unspecified atom stereocenters. The third-order valence-electron chi connectivity index (χ3n) is 4.99. The van der Waals surface area contributed by atoms with Gasteiger partial charge in [0.1, 0.15) is 6.04 Å². The molecule has 140 valence electrons. The number of Topliss-reactive ketones (excluding diaryl/α,β-unsaturated/α-hetero) is 1. The van der Waals surface area contributed by atoms with E-state index in [0.29, 0.717) is 30.8 Å². The molecule has 27 heavy (non-hydrogen) atoms. The van der Waals surface area contributed by atoms with Gasteiger partial charge in [0.2, 0.25) is 5.91 Å². The molecule has 2 amide bonds. The molecule has 0 aliphatic carbocycles. The van der Waals surface area contributed by atoms with Crippen molar-refractivity contribution in [3.63, 3.8) is 0 Å². The van der Waals surface area contributed by atoms with Gasteiger partial charge in [-0.15, -0.1) is 0 Å². The van der Waals surface area contributed by atoms with Crippen LogP contribution in [0.2, 0.25) is 0 Å². The lowest BCUT2D eigenvalue weighted by Gasteiger charge is -2.38. The molecule has 0 bridgehead atoms. The fourth-order valence-electron chi connectivity index (χ4n) is 3.24. The summed E-state index contributed by atoms with van der Waals surface area (Å²) in [7, 11) is 0. The quantitative estimate of drug-likeness (QED) is 0.781. The summed E-state index contributed by atoms with van der Waals surface area (Å²) in [5.74, 6) is -0.177. The van der Waals surface area contributed by atoms with E-state index < -0.39 is 6.04 Å². The standard InChI is InChI=1S/C21H23N3O3/c1-4-23-11-12-24(14(2)20(23)26)21(27)17-7-5-16(6-8-17)19-10-9-18(13-22-19)15(3)25/h5-10,13-14H,4,11-12H2,1-3H3/t14-/m0/s1. The highest BCUT2D eigenvalue weighted by Crippen LogP contribution is 2.20. The van der Waals surface area contributed by atoms with E-state index in [4.69, 9.17) is 0 Å². The van der Waals surface area contributed by atoms with E-state index >= 15 is 0 Å². The molecule has 1 aliphatic rings. The Balaban J connectivity index is 1.76. The zero-order chi connectivity index (χ0) is 19.6. The molecule has 0 spiro atoms. The van der Waals surface area contributed by atoms with Gasteiger partial charge in [-0.2, -0.15) is 0 Å². The van der Waals surface area contributed by atoms with Crippen molar-refractivity contribution in [1.29, 1.82) is 0 Å². The zero-order valence-electron chi connectivity index (χ0n) is 15.8. The van der Waals surface area contributed by atoms with Crippen LogP contribution in [0.25, 0.3) is 11.3 Å². The SMILES string of the molecule is CCN1CCN(C(=O)c2ccc(-c3ccc(C(C)=O)cn3)cc2)[C@@H](C)C1=O. The lowest BCUT2D eigenvalue weighted by molar-refractivity contribution is -0.139. The fraction of sp³-hybridized carbons (Fsp3) is 0.333. The molecule has 0 N–H and O–H groups in total. The van der Waals surface area contributed by atoms with Crippen LogP contribution < -0.4 is 0 Å². The molecule has 1 aliphatic heterocycles. The van der Waals surface area contributed by atoms with Gasteiger partial charge in [-0.1, -0.05) is 12.1 Å². The Morgan fingerprint density at radius 3 is 2.30 bits per heavy atom. The molecule has 6 heteroatoms. The summed E-state index contributed by atoms with van der Waals surface area (Å²) in [6.07, 6.45) is 1.55. The van der Waals surface area contributed by atoms with Crippen molar-refractivity contribution in [3.05, 3.63) is 53.7 Å². The maximum Gasteiger partial charge on any atom is 0.254 e. The Morgan fingerprint density at radius 2 is 1.74 bits per heavy atom. The summed E-state index contributed by atoms with van der Waals surface area (Å²) in [6.45, 7) is 6.98. The number of ketones is 1. The Morgan fingerprint density at radius 1 is 1.07 bits per heavy atom. The maximum absolute atomic E-state index is 12.8. The van der Waals surface area contributed by atoms with E-state index in [-0.39, 0.29) is 17.6 Å². The monoisotopic (exact) mass is 365 g/mol. The highest BCUT2D eigenvalue weighted by Gasteiger charge is 2.33. The lowest BCUT2D eigenvalue weighted by Crippen LogP contribution is -2.57. The average molecular weight is 365 g/mol. The van der Waals surface area contributed by atoms with E-state index in [1.807, 2.05) is 19.1 Å². The van der Waals surface area contributed by atoms with E-state index in [1.165, 1.54) is 6.92 Å². The van der Waals surface area contributed by atoms with Crippen LogP contribution in [0.5, 0.6) is 0 Å². The normalized spacial score (nSPS) is 17.1. The largest absolute Gasteiger partial charge is 0.339 e. The first-order chi connectivity index (χ1) is 12.9. The molecule has 6 nitrogen and oxygen atoms in total. The summed E-state index contributed by atoms with van der Waals surface area (Å²) in [5, 5.41) is 0. The molecule has 3 rings (SSSR count). The number of benzene rings is 1. The van der Waals surface area contributed by atoms with Crippen LogP contribution >= 0.6 is 0 Å². The Kier molecular flexibility index (Phi) is 5.35. The number of pyridine rings is 1. The van der Waals surface area contributed by atoms with E-state index in [0.717, 1.165) is 11.3 Å². The number of likely N-dealkylation sites (N-methyl/N-ethyl adjacent to an activating group) is 1. The van der Waals surface area contributed by atoms with Gasteiger partial charge < -0.3 is 9.80 Å². The van der Waals surface area contributed by atoms with Crippen molar-refractivity contribution < 1.29 is 14.4 Å². The van der Waals surface area contributed by atoms with Crippen LogP contribution in [0.4, 0.5) is 0 Å². The first-order valence-corrected chi connectivity index (χ1v) is 9.09. The lowest BCUT2D eigenvalue weighted by atomic mass is 10.1. The van der Waals surface area contributed by atoms with E-state index in [9.17, 15) is 14.4 Å².